The summed E-state index contributed by atoms with van der Waals surface area (Å²) in [6.07, 6.45) is 2.15. The number of hydrogen-bond acceptors (Lipinski definition) is 6. The summed E-state index contributed by atoms with van der Waals surface area (Å²) in [5.74, 6) is -0.808. The summed E-state index contributed by atoms with van der Waals surface area (Å²) in [5, 5.41) is 12.9. The molecule has 26 heavy (non-hydrogen) atoms. The summed E-state index contributed by atoms with van der Waals surface area (Å²) in [5.41, 5.74) is 1.87. The van der Waals surface area contributed by atoms with E-state index in [2.05, 4.69) is 20.7 Å². The predicted octanol–water partition coefficient (Wildman–Crippen LogP) is 2.25. The van der Waals surface area contributed by atoms with E-state index in [-0.39, 0.29) is 36.3 Å². The normalized spacial score (nSPS) is 14.0. The average molecular weight is 371 g/mol. The lowest BCUT2D eigenvalue weighted by atomic mass is 10.1. The lowest BCUT2D eigenvalue weighted by Crippen LogP contribution is -2.34. The van der Waals surface area contributed by atoms with Crippen LogP contribution in [0.2, 0.25) is 0 Å². The molecule has 0 aliphatic carbocycles. The van der Waals surface area contributed by atoms with Crippen LogP contribution in [0, 0.1) is 6.92 Å². The Balaban J connectivity index is 1.77. The number of hydrazone groups is 1. The molecule has 0 atom stereocenters. The second-order valence-electron chi connectivity index (χ2n) is 5.69. The number of amides is 3. The van der Waals surface area contributed by atoms with Gasteiger partial charge in [-0.15, -0.1) is 11.3 Å². The van der Waals surface area contributed by atoms with Crippen molar-refractivity contribution in [2.24, 2.45) is 5.10 Å². The van der Waals surface area contributed by atoms with E-state index >= 15 is 0 Å². The van der Waals surface area contributed by atoms with Crippen LogP contribution in [0.4, 0.5) is 10.8 Å². The summed E-state index contributed by atoms with van der Waals surface area (Å²) in [6, 6.07) is 5.09. The molecule has 8 nitrogen and oxygen atoms in total. The molecule has 0 saturated carbocycles. The summed E-state index contributed by atoms with van der Waals surface area (Å²) in [6.45, 7) is 1.75. The molecule has 0 fully saturated rings. The van der Waals surface area contributed by atoms with Gasteiger partial charge in [-0.2, -0.15) is 5.10 Å². The van der Waals surface area contributed by atoms with E-state index in [1.165, 1.54) is 23.4 Å². The van der Waals surface area contributed by atoms with Crippen LogP contribution in [0.1, 0.15) is 28.8 Å². The van der Waals surface area contributed by atoms with Crippen molar-refractivity contribution in [2.45, 2.75) is 19.8 Å². The van der Waals surface area contributed by atoms with Crippen LogP contribution in [0.5, 0.6) is 0 Å². The molecule has 3 rings (SSSR count). The lowest BCUT2D eigenvalue weighted by molar-refractivity contribution is -0.130. The molecular formula is C17H17N5O3S. The number of rotatable bonds is 4. The number of anilines is 2. The van der Waals surface area contributed by atoms with E-state index in [9.17, 15) is 14.4 Å². The van der Waals surface area contributed by atoms with Crippen LogP contribution >= 0.6 is 11.3 Å². The molecule has 3 amide bonds. The molecule has 2 aromatic rings. The number of aromatic nitrogens is 1. The van der Waals surface area contributed by atoms with Crippen molar-refractivity contribution in [3.8, 4) is 0 Å². The smallest absolute Gasteiger partial charge is 0.271 e. The van der Waals surface area contributed by atoms with E-state index in [0.29, 0.717) is 21.9 Å². The predicted molar refractivity (Wildman–Crippen MR) is 99.3 cm³/mol. The van der Waals surface area contributed by atoms with Gasteiger partial charge in [-0.25, -0.2) is 9.99 Å². The third-order valence-electron chi connectivity index (χ3n) is 3.95. The summed E-state index contributed by atoms with van der Waals surface area (Å²) >= 11 is 1.33. The zero-order chi connectivity index (χ0) is 18.7. The van der Waals surface area contributed by atoms with Gasteiger partial charge < -0.3 is 5.32 Å². The van der Waals surface area contributed by atoms with E-state index in [1.807, 2.05) is 0 Å². The Kier molecular flexibility index (Phi) is 5.08. The van der Waals surface area contributed by atoms with Crippen molar-refractivity contribution in [3.63, 3.8) is 0 Å². The Bertz CT molecular complexity index is 892. The number of carbonyl (C=O) groups is 3. The number of nitrogens with one attached hydrogen (secondary N) is 2. The Morgan fingerprint density at radius 2 is 2.00 bits per heavy atom. The minimum absolute atomic E-state index is 0.126. The molecule has 134 valence electrons. The van der Waals surface area contributed by atoms with Gasteiger partial charge in [0, 0.05) is 42.7 Å². The topological polar surface area (TPSA) is 104 Å². The molecule has 1 aliphatic heterocycles. The highest BCUT2D eigenvalue weighted by atomic mass is 32.1. The highest BCUT2D eigenvalue weighted by Gasteiger charge is 2.23. The van der Waals surface area contributed by atoms with Gasteiger partial charge in [0.2, 0.25) is 5.91 Å². The molecule has 1 aromatic heterocycles. The maximum atomic E-state index is 12.4. The Morgan fingerprint density at radius 3 is 2.69 bits per heavy atom. The highest BCUT2D eigenvalue weighted by Crippen LogP contribution is 2.21. The van der Waals surface area contributed by atoms with Crippen molar-refractivity contribution < 1.29 is 14.4 Å². The zero-order valence-electron chi connectivity index (χ0n) is 14.3. The number of nitrogens with zero attached hydrogens (tertiary/aromatic N) is 3. The number of hydrogen-bond donors (Lipinski definition) is 2. The van der Waals surface area contributed by atoms with Gasteiger partial charge in [-0.3, -0.25) is 19.7 Å². The SMILES string of the molecule is Cc1c(NC(=O)C2=NN(C)C(=O)CC2)cccc1C(=O)Nc1nccs1. The average Bonchev–Trinajstić information content (AvgIpc) is 3.12. The fraction of sp³-hybridized carbons (Fsp3) is 0.235. The zero-order valence-corrected chi connectivity index (χ0v) is 15.1. The molecule has 2 heterocycles. The minimum atomic E-state index is -0.384. The first kappa shape index (κ1) is 17.7. The quantitative estimate of drug-likeness (QED) is 0.860. The molecule has 1 aromatic carbocycles. The van der Waals surface area contributed by atoms with Gasteiger partial charge in [-0.05, 0) is 24.6 Å². The molecule has 1 aliphatic rings. The number of thiazole rings is 1. The third-order valence-corrected chi connectivity index (χ3v) is 4.64. The fourth-order valence-corrected chi connectivity index (χ4v) is 3.02. The highest BCUT2D eigenvalue weighted by molar-refractivity contribution is 7.13. The Hall–Kier alpha value is -3.07. The first-order valence-electron chi connectivity index (χ1n) is 7.91. The van der Waals surface area contributed by atoms with Crippen molar-refractivity contribution in [2.75, 3.05) is 17.7 Å². The monoisotopic (exact) mass is 371 g/mol. The van der Waals surface area contributed by atoms with Crippen LogP contribution in [0.15, 0.2) is 34.9 Å². The Morgan fingerprint density at radius 1 is 1.19 bits per heavy atom. The fourth-order valence-electron chi connectivity index (χ4n) is 2.49. The maximum absolute atomic E-state index is 12.4. The molecule has 0 spiro atoms. The van der Waals surface area contributed by atoms with Gasteiger partial charge in [0.25, 0.3) is 11.8 Å². The van der Waals surface area contributed by atoms with E-state index in [1.54, 1.807) is 36.7 Å². The van der Waals surface area contributed by atoms with Crippen molar-refractivity contribution in [1.82, 2.24) is 9.99 Å². The van der Waals surface area contributed by atoms with Crippen LogP contribution in [0.3, 0.4) is 0 Å². The van der Waals surface area contributed by atoms with Gasteiger partial charge >= 0.3 is 0 Å². The maximum Gasteiger partial charge on any atom is 0.271 e. The van der Waals surface area contributed by atoms with Crippen LogP contribution < -0.4 is 10.6 Å². The molecule has 0 unspecified atom stereocenters. The van der Waals surface area contributed by atoms with Crippen LogP contribution in [-0.2, 0) is 9.59 Å². The van der Waals surface area contributed by atoms with E-state index < -0.39 is 0 Å². The summed E-state index contributed by atoms with van der Waals surface area (Å²) < 4.78 is 0. The minimum Gasteiger partial charge on any atom is -0.321 e. The van der Waals surface area contributed by atoms with E-state index in [4.69, 9.17) is 0 Å². The Labute approximate surface area is 153 Å². The number of benzene rings is 1. The molecule has 0 saturated heterocycles. The largest absolute Gasteiger partial charge is 0.321 e. The van der Waals surface area contributed by atoms with Crippen molar-refractivity contribution >= 4 is 45.6 Å². The number of carbonyl (C=O) groups excluding carboxylic acids is 3. The van der Waals surface area contributed by atoms with Crippen LogP contribution in [0.25, 0.3) is 0 Å². The molecular weight excluding hydrogens is 354 g/mol. The van der Waals surface area contributed by atoms with Gasteiger partial charge in [0.05, 0.1) is 0 Å². The van der Waals surface area contributed by atoms with Gasteiger partial charge in [0.1, 0.15) is 5.71 Å². The second-order valence-corrected chi connectivity index (χ2v) is 6.58. The van der Waals surface area contributed by atoms with Gasteiger partial charge in [0.15, 0.2) is 5.13 Å². The molecule has 0 bridgehead atoms. The third kappa shape index (κ3) is 3.77. The molecule has 9 heteroatoms. The summed E-state index contributed by atoms with van der Waals surface area (Å²) in [4.78, 5) is 40.3. The standard InChI is InChI=1S/C17H17N5O3S/c1-10-11(15(24)20-17-18-8-9-26-17)4-3-5-12(10)19-16(25)13-6-7-14(23)22(2)21-13/h3-5,8-9H,6-7H2,1-2H3,(H,19,25)(H,18,20,24). The van der Waals surface area contributed by atoms with Crippen molar-refractivity contribution in [1.29, 1.82) is 0 Å². The molecule has 2 N–H and O–H groups in total. The van der Waals surface area contributed by atoms with E-state index in [0.717, 1.165) is 0 Å². The summed E-state index contributed by atoms with van der Waals surface area (Å²) in [7, 11) is 1.52. The lowest BCUT2D eigenvalue weighted by Gasteiger charge is -2.19. The van der Waals surface area contributed by atoms with Gasteiger partial charge in [-0.1, -0.05) is 6.07 Å². The van der Waals surface area contributed by atoms with Crippen molar-refractivity contribution in [3.05, 3.63) is 40.9 Å². The van der Waals surface area contributed by atoms with Crippen LogP contribution in [-0.4, -0.2) is 40.5 Å². The first-order valence-corrected chi connectivity index (χ1v) is 8.79. The molecule has 0 radical (unpaired) electrons. The second kappa shape index (κ2) is 7.44. The first-order chi connectivity index (χ1) is 12.5.